The van der Waals surface area contributed by atoms with E-state index in [0.717, 1.165) is 18.7 Å². The van der Waals surface area contributed by atoms with Gasteiger partial charge >= 0.3 is 0 Å². The van der Waals surface area contributed by atoms with Gasteiger partial charge in [-0.15, -0.1) is 11.3 Å². The van der Waals surface area contributed by atoms with Gasteiger partial charge in [-0.25, -0.2) is 4.98 Å². The molecule has 4 heteroatoms. The van der Waals surface area contributed by atoms with E-state index in [1.165, 1.54) is 15.8 Å². The molecule has 3 aromatic rings. The summed E-state index contributed by atoms with van der Waals surface area (Å²) in [5.74, 6) is 0. The van der Waals surface area contributed by atoms with E-state index in [4.69, 9.17) is 0 Å². The van der Waals surface area contributed by atoms with Crippen molar-refractivity contribution in [1.82, 2.24) is 14.9 Å². The van der Waals surface area contributed by atoms with Gasteiger partial charge < -0.3 is 9.88 Å². The fraction of sp³-hybridized carbons (Fsp3) is 0.214. The van der Waals surface area contributed by atoms with Crippen molar-refractivity contribution in [3.05, 3.63) is 52.5 Å². The predicted molar refractivity (Wildman–Crippen MR) is 75.9 cm³/mol. The molecule has 18 heavy (non-hydrogen) atoms. The van der Waals surface area contributed by atoms with Gasteiger partial charge in [0.2, 0.25) is 0 Å². The highest BCUT2D eigenvalue weighted by Gasteiger charge is 2.09. The molecule has 3 rings (SSSR count). The Morgan fingerprint density at radius 2 is 2.28 bits per heavy atom. The van der Waals surface area contributed by atoms with Crippen LogP contribution in [0, 0.1) is 0 Å². The van der Waals surface area contributed by atoms with Crippen molar-refractivity contribution in [1.29, 1.82) is 0 Å². The molecule has 0 aliphatic rings. The molecule has 0 amide bonds. The van der Waals surface area contributed by atoms with Crippen LogP contribution in [0.3, 0.4) is 0 Å². The molecule has 3 heterocycles. The van der Waals surface area contributed by atoms with Crippen LogP contribution in [0.5, 0.6) is 0 Å². The molecule has 0 spiro atoms. The maximum absolute atomic E-state index is 4.50. The van der Waals surface area contributed by atoms with Crippen LogP contribution < -0.4 is 5.32 Å². The Morgan fingerprint density at radius 3 is 3.06 bits per heavy atom. The monoisotopic (exact) mass is 257 g/mol. The first-order valence-corrected chi connectivity index (χ1v) is 6.86. The summed E-state index contributed by atoms with van der Waals surface area (Å²) in [7, 11) is 1.97. The minimum absolute atomic E-state index is 0.875. The molecule has 0 saturated carbocycles. The van der Waals surface area contributed by atoms with Crippen LogP contribution in [0.1, 0.15) is 10.4 Å². The molecule has 0 unspecified atom stereocenters. The lowest BCUT2D eigenvalue weighted by molar-refractivity contribution is 0.797. The highest BCUT2D eigenvalue weighted by atomic mass is 32.1. The van der Waals surface area contributed by atoms with E-state index < -0.39 is 0 Å². The molecule has 0 bridgehead atoms. The van der Waals surface area contributed by atoms with Gasteiger partial charge in [-0.1, -0.05) is 6.07 Å². The summed E-state index contributed by atoms with van der Waals surface area (Å²) in [6.07, 6.45) is 4.06. The molecule has 1 N–H and O–H groups in total. The number of thiophene rings is 1. The highest BCUT2D eigenvalue weighted by molar-refractivity contribution is 7.09. The molecule has 0 aliphatic heterocycles. The minimum Gasteiger partial charge on any atom is -0.327 e. The van der Waals surface area contributed by atoms with Crippen LogP contribution in [-0.2, 0) is 13.1 Å². The zero-order valence-electron chi connectivity index (χ0n) is 10.3. The van der Waals surface area contributed by atoms with Gasteiger partial charge in [-0.05, 0) is 36.2 Å². The molecule has 0 aliphatic carbocycles. The molecule has 0 fully saturated rings. The maximum atomic E-state index is 4.50. The Hall–Kier alpha value is -1.65. The van der Waals surface area contributed by atoms with E-state index in [1.54, 1.807) is 11.3 Å². The summed E-state index contributed by atoms with van der Waals surface area (Å²) >= 11 is 1.78. The molecular weight excluding hydrogens is 242 g/mol. The van der Waals surface area contributed by atoms with Crippen molar-refractivity contribution in [3.8, 4) is 0 Å². The third kappa shape index (κ3) is 2.05. The molecule has 3 aromatic heterocycles. The van der Waals surface area contributed by atoms with Crippen LogP contribution in [0.25, 0.3) is 11.0 Å². The standard InChI is InChI=1S/C14H15N3S/c1-15-8-11-9-17(10-12-4-3-7-18-12)14-13(11)5-2-6-16-14/h2-7,9,15H,8,10H2,1H3. The Labute approximate surface area is 110 Å². The number of rotatable bonds is 4. The van der Waals surface area contributed by atoms with Gasteiger partial charge in [0.15, 0.2) is 0 Å². The molecular formula is C14H15N3S. The molecule has 0 atom stereocenters. The fourth-order valence-electron chi connectivity index (χ4n) is 2.22. The van der Waals surface area contributed by atoms with E-state index in [-0.39, 0.29) is 0 Å². The number of hydrogen-bond acceptors (Lipinski definition) is 3. The summed E-state index contributed by atoms with van der Waals surface area (Å²) in [5.41, 5.74) is 2.37. The molecule has 92 valence electrons. The predicted octanol–water partition coefficient (Wildman–Crippen LogP) is 2.87. The Bertz CT molecular complexity index is 640. The molecule has 0 saturated heterocycles. The quantitative estimate of drug-likeness (QED) is 0.779. The second-order valence-electron chi connectivity index (χ2n) is 4.27. The van der Waals surface area contributed by atoms with Crippen molar-refractivity contribution in [2.75, 3.05) is 7.05 Å². The van der Waals surface area contributed by atoms with Gasteiger partial charge in [0, 0.05) is 29.2 Å². The molecule has 3 nitrogen and oxygen atoms in total. The van der Waals surface area contributed by atoms with Crippen molar-refractivity contribution in [3.63, 3.8) is 0 Å². The summed E-state index contributed by atoms with van der Waals surface area (Å²) in [6.45, 7) is 1.77. The van der Waals surface area contributed by atoms with Gasteiger partial charge in [0.25, 0.3) is 0 Å². The first-order chi connectivity index (χ1) is 8.88. The van der Waals surface area contributed by atoms with E-state index in [9.17, 15) is 0 Å². The number of nitrogens with one attached hydrogen (secondary N) is 1. The summed E-state index contributed by atoms with van der Waals surface area (Å²) in [4.78, 5) is 5.86. The molecule has 0 aromatic carbocycles. The van der Waals surface area contributed by atoms with Crippen LogP contribution >= 0.6 is 11.3 Å². The van der Waals surface area contributed by atoms with E-state index in [2.05, 4.69) is 44.6 Å². The Kier molecular flexibility index (Phi) is 3.13. The molecule has 0 radical (unpaired) electrons. The number of pyridine rings is 1. The average molecular weight is 257 g/mol. The SMILES string of the molecule is CNCc1cn(Cc2cccs2)c2ncccc12. The number of aromatic nitrogens is 2. The zero-order valence-corrected chi connectivity index (χ0v) is 11.1. The largest absolute Gasteiger partial charge is 0.327 e. The fourth-order valence-corrected chi connectivity index (χ4v) is 2.92. The summed E-state index contributed by atoms with van der Waals surface area (Å²) in [5, 5.41) is 6.56. The first kappa shape index (κ1) is 11.4. The van der Waals surface area contributed by atoms with Crippen molar-refractivity contribution in [2.45, 2.75) is 13.1 Å². The Morgan fingerprint density at radius 1 is 1.33 bits per heavy atom. The van der Waals surface area contributed by atoms with Gasteiger partial charge in [-0.3, -0.25) is 0 Å². The maximum Gasteiger partial charge on any atom is 0.140 e. The number of hydrogen-bond donors (Lipinski definition) is 1. The highest BCUT2D eigenvalue weighted by Crippen LogP contribution is 2.21. The van der Waals surface area contributed by atoms with Crippen LogP contribution in [0.4, 0.5) is 0 Å². The third-order valence-corrected chi connectivity index (χ3v) is 3.85. The number of fused-ring (bicyclic) bond motifs is 1. The Balaban J connectivity index is 2.05. The zero-order chi connectivity index (χ0) is 12.4. The van der Waals surface area contributed by atoms with E-state index in [0.29, 0.717) is 0 Å². The van der Waals surface area contributed by atoms with Crippen LogP contribution in [0.15, 0.2) is 42.0 Å². The normalized spacial score (nSPS) is 11.2. The van der Waals surface area contributed by atoms with Crippen molar-refractivity contribution >= 4 is 22.4 Å². The average Bonchev–Trinajstić information content (AvgIpc) is 3.00. The van der Waals surface area contributed by atoms with Crippen molar-refractivity contribution < 1.29 is 0 Å². The summed E-state index contributed by atoms with van der Waals surface area (Å²) in [6, 6.07) is 8.39. The lowest BCUT2D eigenvalue weighted by Crippen LogP contribution is -2.04. The summed E-state index contributed by atoms with van der Waals surface area (Å²) < 4.78 is 2.23. The van der Waals surface area contributed by atoms with Crippen LogP contribution in [0.2, 0.25) is 0 Å². The lowest BCUT2D eigenvalue weighted by atomic mass is 10.2. The second-order valence-corrected chi connectivity index (χ2v) is 5.30. The van der Waals surface area contributed by atoms with E-state index in [1.807, 2.05) is 19.3 Å². The van der Waals surface area contributed by atoms with Gasteiger partial charge in [0.1, 0.15) is 5.65 Å². The van der Waals surface area contributed by atoms with Crippen molar-refractivity contribution in [2.24, 2.45) is 0 Å². The second kappa shape index (κ2) is 4.92. The third-order valence-electron chi connectivity index (χ3n) is 2.99. The lowest BCUT2D eigenvalue weighted by Gasteiger charge is -2.01. The smallest absolute Gasteiger partial charge is 0.140 e. The van der Waals surface area contributed by atoms with Crippen LogP contribution in [-0.4, -0.2) is 16.6 Å². The van der Waals surface area contributed by atoms with Gasteiger partial charge in [-0.2, -0.15) is 0 Å². The first-order valence-electron chi connectivity index (χ1n) is 5.98. The van der Waals surface area contributed by atoms with Gasteiger partial charge in [0.05, 0.1) is 6.54 Å². The number of nitrogens with zero attached hydrogens (tertiary/aromatic N) is 2. The van der Waals surface area contributed by atoms with E-state index >= 15 is 0 Å². The topological polar surface area (TPSA) is 29.9 Å². The minimum atomic E-state index is 0.875.